The fraction of sp³-hybridized carbons (Fsp3) is 0.188. The van der Waals surface area contributed by atoms with E-state index in [4.69, 9.17) is 17.3 Å². The molecule has 0 radical (unpaired) electrons. The highest BCUT2D eigenvalue weighted by Crippen LogP contribution is 2.23. The monoisotopic (exact) mass is 288 g/mol. The molecule has 3 nitrogen and oxygen atoms in total. The van der Waals surface area contributed by atoms with E-state index in [0.717, 1.165) is 18.5 Å². The van der Waals surface area contributed by atoms with Gasteiger partial charge in [0.05, 0.1) is 10.6 Å². The van der Waals surface area contributed by atoms with Crippen molar-refractivity contribution in [2.45, 2.75) is 19.8 Å². The first-order chi connectivity index (χ1) is 9.61. The van der Waals surface area contributed by atoms with Crippen LogP contribution in [-0.2, 0) is 6.42 Å². The first kappa shape index (κ1) is 14.4. The summed E-state index contributed by atoms with van der Waals surface area (Å²) in [6, 6.07) is 12.8. The number of nitrogens with one attached hydrogen (secondary N) is 1. The van der Waals surface area contributed by atoms with E-state index in [1.165, 1.54) is 5.56 Å². The quantitative estimate of drug-likeness (QED) is 0.831. The van der Waals surface area contributed by atoms with E-state index in [2.05, 4.69) is 12.2 Å². The molecule has 4 heteroatoms. The van der Waals surface area contributed by atoms with Crippen LogP contribution < -0.4 is 11.1 Å². The lowest BCUT2D eigenvalue weighted by atomic mass is 10.1. The molecule has 2 aromatic carbocycles. The third-order valence-electron chi connectivity index (χ3n) is 3.02. The molecule has 0 aliphatic carbocycles. The number of hydrogen-bond acceptors (Lipinski definition) is 2. The molecule has 0 fully saturated rings. The molecular weight excluding hydrogens is 272 g/mol. The zero-order chi connectivity index (χ0) is 14.5. The van der Waals surface area contributed by atoms with Crippen LogP contribution in [0.1, 0.15) is 29.3 Å². The molecule has 20 heavy (non-hydrogen) atoms. The molecule has 104 valence electrons. The molecule has 0 heterocycles. The molecule has 0 aromatic heterocycles. The third-order valence-corrected chi connectivity index (χ3v) is 3.34. The van der Waals surface area contributed by atoms with Gasteiger partial charge in [-0.15, -0.1) is 0 Å². The lowest BCUT2D eigenvalue weighted by Gasteiger charge is -2.09. The molecular formula is C16H17ClN2O. The van der Waals surface area contributed by atoms with Gasteiger partial charge in [-0.05, 0) is 36.2 Å². The van der Waals surface area contributed by atoms with E-state index in [9.17, 15) is 4.79 Å². The molecule has 0 atom stereocenters. The Bertz CT molecular complexity index is 588. The number of amides is 1. The predicted octanol–water partition coefficient (Wildman–Crippen LogP) is 4.13. The Balaban J connectivity index is 2.15. The van der Waals surface area contributed by atoms with Crippen LogP contribution in [0.25, 0.3) is 0 Å². The number of anilines is 2. The number of hydrogen-bond donors (Lipinski definition) is 2. The molecule has 0 unspecified atom stereocenters. The molecule has 0 aliphatic heterocycles. The Hall–Kier alpha value is -2.00. The van der Waals surface area contributed by atoms with Crippen molar-refractivity contribution in [1.82, 2.24) is 0 Å². The van der Waals surface area contributed by atoms with E-state index >= 15 is 0 Å². The first-order valence-corrected chi connectivity index (χ1v) is 6.94. The molecule has 1 amide bonds. The van der Waals surface area contributed by atoms with Crippen LogP contribution in [0, 0.1) is 0 Å². The van der Waals surface area contributed by atoms with Gasteiger partial charge in [0.15, 0.2) is 0 Å². The summed E-state index contributed by atoms with van der Waals surface area (Å²) in [5, 5.41) is 3.16. The smallest absolute Gasteiger partial charge is 0.259 e. The largest absolute Gasteiger partial charge is 0.398 e. The maximum atomic E-state index is 12.2. The highest BCUT2D eigenvalue weighted by molar-refractivity contribution is 6.35. The van der Waals surface area contributed by atoms with Crippen molar-refractivity contribution in [3.63, 3.8) is 0 Å². The second-order valence-corrected chi connectivity index (χ2v) is 5.01. The summed E-state index contributed by atoms with van der Waals surface area (Å²) >= 11 is 6.02. The second-order valence-electron chi connectivity index (χ2n) is 4.61. The number of carbonyl (C=O) groups excluding carboxylic acids is 1. The molecule has 2 rings (SSSR count). The van der Waals surface area contributed by atoms with Crippen molar-refractivity contribution in [3.8, 4) is 0 Å². The summed E-state index contributed by atoms with van der Waals surface area (Å²) in [5.74, 6) is -0.295. The van der Waals surface area contributed by atoms with Gasteiger partial charge >= 0.3 is 0 Å². The van der Waals surface area contributed by atoms with E-state index < -0.39 is 0 Å². The molecule has 0 aliphatic rings. The normalized spacial score (nSPS) is 10.3. The van der Waals surface area contributed by atoms with Crippen molar-refractivity contribution >= 4 is 28.9 Å². The SMILES string of the molecule is CCCc1ccc(NC(=O)c2c(N)cccc2Cl)cc1. The highest BCUT2D eigenvalue weighted by Gasteiger charge is 2.13. The van der Waals surface area contributed by atoms with Crippen LogP contribution in [0.4, 0.5) is 11.4 Å². The average Bonchev–Trinajstić information content (AvgIpc) is 2.41. The number of benzene rings is 2. The number of halogens is 1. The summed E-state index contributed by atoms with van der Waals surface area (Å²) in [5.41, 5.74) is 8.46. The number of nitrogens with two attached hydrogens (primary N) is 1. The van der Waals surface area contributed by atoms with Gasteiger partial charge in [-0.25, -0.2) is 0 Å². The van der Waals surface area contributed by atoms with Gasteiger partial charge in [0.25, 0.3) is 5.91 Å². The fourth-order valence-electron chi connectivity index (χ4n) is 2.02. The molecule has 0 saturated carbocycles. The van der Waals surface area contributed by atoms with Crippen LogP contribution in [0.5, 0.6) is 0 Å². The highest BCUT2D eigenvalue weighted by atomic mass is 35.5. The summed E-state index contributed by atoms with van der Waals surface area (Å²) < 4.78 is 0. The van der Waals surface area contributed by atoms with Crippen LogP contribution in [0.2, 0.25) is 5.02 Å². The maximum Gasteiger partial charge on any atom is 0.259 e. The van der Waals surface area contributed by atoms with Crippen molar-refractivity contribution in [2.24, 2.45) is 0 Å². The van der Waals surface area contributed by atoms with Crippen LogP contribution in [0.3, 0.4) is 0 Å². The van der Waals surface area contributed by atoms with Gasteiger partial charge < -0.3 is 11.1 Å². The van der Waals surface area contributed by atoms with Crippen LogP contribution in [-0.4, -0.2) is 5.91 Å². The van der Waals surface area contributed by atoms with Gasteiger partial charge in [0.1, 0.15) is 0 Å². The Kier molecular flexibility index (Phi) is 4.64. The minimum absolute atomic E-state index is 0.295. The molecule has 0 bridgehead atoms. The number of aryl methyl sites for hydroxylation is 1. The molecule has 0 spiro atoms. The lowest BCUT2D eigenvalue weighted by Crippen LogP contribution is -2.14. The minimum Gasteiger partial charge on any atom is -0.398 e. The van der Waals surface area contributed by atoms with Gasteiger partial charge in [-0.2, -0.15) is 0 Å². The lowest BCUT2D eigenvalue weighted by molar-refractivity contribution is 0.102. The van der Waals surface area contributed by atoms with E-state index in [0.29, 0.717) is 16.3 Å². The van der Waals surface area contributed by atoms with Gasteiger partial charge in [0.2, 0.25) is 0 Å². The second kappa shape index (κ2) is 6.44. The van der Waals surface area contributed by atoms with Crippen LogP contribution >= 0.6 is 11.6 Å². The maximum absolute atomic E-state index is 12.2. The standard InChI is InChI=1S/C16H17ClN2O/c1-2-4-11-7-9-12(10-8-11)19-16(20)15-13(17)5-3-6-14(15)18/h3,5-10H,2,4,18H2,1H3,(H,19,20). The summed E-state index contributed by atoms with van der Waals surface area (Å²) in [4.78, 5) is 12.2. The average molecular weight is 289 g/mol. The predicted molar refractivity (Wildman–Crippen MR) is 84.3 cm³/mol. The first-order valence-electron chi connectivity index (χ1n) is 6.56. The Morgan fingerprint density at radius 2 is 1.90 bits per heavy atom. The van der Waals surface area contributed by atoms with Crippen LogP contribution in [0.15, 0.2) is 42.5 Å². The van der Waals surface area contributed by atoms with E-state index in [1.807, 2.05) is 24.3 Å². The molecule has 3 N–H and O–H groups in total. The minimum atomic E-state index is -0.295. The van der Waals surface area contributed by atoms with Crippen molar-refractivity contribution in [3.05, 3.63) is 58.6 Å². The van der Waals surface area contributed by atoms with Crippen molar-refractivity contribution < 1.29 is 4.79 Å². The molecule has 0 saturated heterocycles. The Morgan fingerprint density at radius 3 is 2.50 bits per heavy atom. The topological polar surface area (TPSA) is 55.1 Å². The zero-order valence-corrected chi connectivity index (χ0v) is 12.1. The summed E-state index contributed by atoms with van der Waals surface area (Å²) in [7, 11) is 0. The molecule has 2 aromatic rings. The zero-order valence-electron chi connectivity index (χ0n) is 11.3. The van der Waals surface area contributed by atoms with Gasteiger partial charge in [-0.3, -0.25) is 4.79 Å². The fourth-order valence-corrected chi connectivity index (χ4v) is 2.29. The van der Waals surface area contributed by atoms with Crippen molar-refractivity contribution in [2.75, 3.05) is 11.1 Å². The van der Waals surface area contributed by atoms with Gasteiger partial charge in [-0.1, -0.05) is 43.1 Å². The summed E-state index contributed by atoms with van der Waals surface area (Å²) in [6.07, 6.45) is 2.13. The number of rotatable bonds is 4. The number of carbonyl (C=O) groups is 1. The van der Waals surface area contributed by atoms with Crippen molar-refractivity contribution in [1.29, 1.82) is 0 Å². The third kappa shape index (κ3) is 3.31. The van der Waals surface area contributed by atoms with E-state index in [1.54, 1.807) is 18.2 Å². The Morgan fingerprint density at radius 1 is 1.20 bits per heavy atom. The number of nitrogen functional groups attached to an aromatic ring is 1. The Labute approximate surface area is 123 Å². The summed E-state index contributed by atoms with van der Waals surface area (Å²) in [6.45, 7) is 2.13. The van der Waals surface area contributed by atoms with E-state index in [-0.39, 0.29) is 5.91 Å². The van der Waals surface area contributed by atoms with Gasteiger partial charge in [0, 0.05) is 11.4 Å².